The van der Waals surface area contributed by atoms with Crippen LogP contribution in [0.4, 0.5) is 0 Å². The second-order valence-electron chi connectivity index (χ2n) is 0.152. The molecule has 0 fully saturated rings. The van der Waals surface area contributed by atoms with Crippen molar-refractivity contribution in [1.82, 2.24) is 0 Å². The molecule has 0 aromatic rings. The van der Waals surface area contributed by atoms with E-state index in [1.807, 2.05) is 0 Å². The molecule has 0 aliphatic heterocycles. The first-order valence-corrected chi connectivity index (χ1v) is 7.12. The Balaban J connectivity index is 0. The number of hydrogen-bond acceptors (Lipinski definition) is 0. The first-order chi connectivity index (χ1) is 1.73. The molecule has 0 radical (unpaired) electrons. The van der Waals surface area contributed by atoms with E-state index in [2.05, 4.69) is 0 Å². The number of hydrogen-bond donors (Lipinski definition) is 0. The minimum atomic E-state index is -1.75. The third-order valence-corrected chi connectivity index (χ3v) is 0. The van der Waals surface area contributed by atoms with Gasteiger partial charge in [0.05, 0.1) is 0 Å². The Hall–Kier alpha value is 2.13. The maximum absolute atomic E-state index is 4.95. The van der Waals surface area contributed by atoms with E-state index in [0.717, 1.165) is 0 Å². The van der Waals surface area contributed by atoms with E-state index >= 15 is 0 Å². The molecule has 0 aliphatic rings. The normalized spacial score (nSPS) is 9.00. The van der Waals surface area contributed by atoms with Crippen LogP contribution in [0.3, 0.4) is 0 Å². The maximum atomic E-state index is 4.95. The van der Waals surface area contributed by atoms with Crippen molar-refractivity contribution in [3.8, 4) is 0 Å². The molecule has 0 N–H and O–H groups in total. The van der Waals surface area contributed by atoms with Crippen LogP contribution in [0, 0.1) is 0 Å². The molecule has 0 heterocycles. The summed E-state index contributed by atoms with van der Waals surface area (Å²) < 4.78 is 0. The average Bonchev–Trinajstić information content (AvgIpc) is 0.811. The van der Waals surface area contributed by atoms with Crippen LogP contribution in [-0.4, -0.2) is 0 Å². The van der Waals surface area contributed by atoms with Gasteiger partial charge in [0.25, 0.3) is 0 Å². The molecular weight excluding hydrogens is 398 g/mol. The molecule has 5 heavy (non-hydrogen) atoms. The summed E-state index contributed by atoms with van der Waals surface area (Å²) in [6.07, 6.45) is 0. The second-order valence-corrected chi connectivity index (χ2v) is 8.07. The van der Waals surface area contributed by atoms with Crippen molar-refractivity contribution in [2.75, 3.05) is 0 Å². The minimum absolute atomic E-state index is 0. The van der Waals surface area contributed by atoms with Crippen molar-refractivity contribution < 1.29 is 32.8 Å². The molecular formula is Cl3OsRu. The fourth-order valence-corrected chi connectivity index (χ4v) is 0. The fourth-order valence-electron chi connectivity index (χ4n) is 0. The van der Waals surface area contributed by atoms with Crippen molar-refractivity contribution in [2.45, 2.75) is 0 Å². The van der Waals surface area contributed by atoms with Gasteiger partial charge in [-0.05, 0) is 0 Å². The molecule has 0 nitrogen and oxygen atoms in total. The molecule has 0 saturated heterocycles. The van der Waals surface area contributed by atoms with E-state index in [1.165, 1.54) is 0 Å². The zero-order chi connectivity index (χ0) is 3.58. The van der Waals surface area contributed by atoms with Gasteiger partial charge in [0.15, 0.2) is 0 Å². The molecule has 0 aliphatic carbocycles. The van der Waals surface area contributed by atoms with Gasteiger partial charge in [-0.25, -0.2) is 0 Å². The topological polar surface area (TPSA) is 0 Å². The van der Waals surface area contributed by atoms with Crippen LogP contribution in [-0.2, 0) is 32.8 Å². The Bertz CT molecular complexity index is 11.6. The Morgan fingerprint density at radius 1 is 1.00 bits per heavy atom. The molecule has 0 bridgehead atoms. The van der Waals surface area contributed by atoms with E-state index in [4.69, 9.17) is 29.1 Å². The smallest absolute Gasteiger partial charge is 0 e. The monoisotopic (exact) mass is 399 g/mol. The van der Waals surface area contributed by atoms with Gasteiger partial charge in [0.1, 0.15) is 0 Å². The quantitative estimate of drug-likeness (QED) is 0.549. The van der Waals surface area contributed by atoms with E-state index in [-0.39, 0.29) is 19.8 Å². The van der Waals surface area contributed by atoms with Crippen LogP contribution in [0.5, 0.6) is 0 Å². The van der Waals surface area contributed by atoms with Crippen molar-refractivity contribution in [3.63, 3.8) is 0 Å². The molecule has 0 aromatic carbocycles. The van der Waals surface area contributed by atoms with Crippen molar-refractivity contribution >= 4 is 29.1 Å². The summed E-state index contributed by atoms with van der Waals surface area (Å²) in [5, 5.41) is 0. The van der Waals surface area contributed by atoms with Gasteiger partial charge in [-0.2, -0.15) is 0 Å². The third-order valence-electron chi connectivity index (χ3n) is 0. The van der Waals surface area contributed by atoms with Gasteiger partial charge in [-0.1, -0.05) is 0 Å². The van der Waals surface area contributed by atoms with Gasteiger partial charge in [0.2, 0.25) is 0 Å². The van der Waals surface area contributed by atoms with Gasteiger partial charge in [0, 0.05) is 19.8 Å². The largest absolute Gasteiger partial charge is 0 e. The summed E-state index contributed by atoms with van der Waals surface area (Å²) in [7, 11) is 14.8. The summed E-state index contributed by atoms with van der Waals surface area (Å²) in [5.41, 5.74) is 0. The zero-order valence-electron chi connectivity index (χ0n) is 1.84. The van der Waals surface area contributed by atoms with Gasteiger partial charge < -0.3 is 0 Å². The number of rotatable bonds is 0. The summed E-state index contributed by atoms with van der Waals surface area (Å²) in [6, 6.07) is 0. The van der Waals surface area contributed by atoms with Crippen molar-refractivity contribution in [3.05, 3.63) is 0 Å². The van der Waals surface area contributed by atoms with Crippen LogP contribution in [0.25, 0.3) is 0 Å². The first kappa shape index (κ1) is 10.2. The molecule has 0 amide bonds. The molecule has 37 valence electrons. The standard InChI is InChI=1S/3ClH.Os.Ru/h3*1H;;/q;;;;+3/p-3. The Kier molecular flexibility index (Phi) is 12.5. The summed E-state index contributed by atoms with van der Waals surface area (Å²) in [6.45, 7) is 0. The Morgan fingerprint density at radius 2 is 1.00 bits per heavy atom. The van der Waals surface area contributed by atoms with Crippen LogP contribution in [0.2, 0.25) is 0 Å². The predicted octanol–water partition coefficient (Wildman–Crippen LogP) is 2.06. The maximum Gasteiger partial charge on any atom is 0 e. The van der Waals surface area contributed by atoms with Crippen molar-refractivity contribution in [1.29, 1.82) is 0 Å². The van der Waals surface area contributed by atoms with Crippen molar-refractivity contribution in [2.24, 2.45) is 0 Å². The summed E-state index contributed by atoms with van der Waals surface area (Å²) in [4.78, 5) is 0. The molecule has 0 rings (SSSR count). The van der Waals surface area contributed by atoms with E-state index in [1.54, 1.807) is 0 Å². The predicted molar refractivity (Wildman–Crippen MR) is 17.6 cm³/mol. The van der Waals surface area contributed by atoms with Gasteiger partial charge in [-0.15, -0.1) is 0 Å². The van der Waals surface area contributed by atoms with Crippen LogP contribution in [0.15, 0.2) is 0 Å². The summed E-state index contributed by atoms with van der Waals surface area (Å²) in [5.74, 6) is 0. The molecule has 0 spiro atoms. The molecule has 0 unspecified atom stereocenters. The molecule has 5 heteroatoms. The van der Waals surface area contributed by atoms with Crippen LogP contribution in [0.1, 0.15) is 0 Å². The van der Waals surface area contributed by atoms with Gasteiger partial charge >= 0.3 is 42.1 Å². The summed E-state index contributed by atoms with van der Waals surface area (Å²) >= 11 is -1.75. The average molecular weight is 398 g/mol. The van der Waals surface area contributed by atoms with Crippen LogP contribution >= 0.6 is 29.1 Å². The SMILES string of the molecule is [Cl][Ru]([Cl])[Cl].[Os]. The Labute approximate surface area is 61.2 Å². The fraction of sp³-hybridized carbons (Fsp3) is 0. The van der Waals surface area contributed by atoms with E-state index < -0.39 is 13.0 Å². The van der Waals surface area contributed by atoms with E-state index in [9.17, 15) is 0 Å². The number of halogens is 3. The second kappa shape index (κ2) is 6.13. The third kappa shape index (κ3) is 23.0. The molecule has 0 saturated carbocycles. The Morgan fingerprint density at radius 3 is 1.00 bits per heavy atom. The molecule has 0 aromatic heterocycles. The molecule has 0 atom stereocenters. The zero-order valence-corrected chi connectivity index (χ0v) is 8.39. The van der Waals surface area contributed by atoms with Gasteiger partial charge in [-0.3, -0.25) is 0 Å². The first-order valence-electron chi connectivity index (χ1n) is 0.401. The van der Waals surface area contributed by atoms with Crippen LogP contribution < -0.4 is 0 Å². The minimum Gasteiger partial charge on any atom is 0 e. The van der Waals surface area contributed by atoms with E-state index in [0.29, 0.717) is 0 Å².